The molecule has 3 rings (SSSR count). The molecule has 0 atom stereocenters. The lowest BCUT2D eigenvalue weighted by Crippen LogP contribution is -2.28. The average Bonchev–Trinajstić information content (AvgIpc) is 2.94. The number of fused-ring (bicyclic) bond motifs is 1. The molecule has 0 spiro atoms. The van der Waals surface area contributed by atoms with Crippen LogP contribution in [0.1, 0.15) is 6.92 Å². The van der Waals surface area contributed by atoms with E-state index >= 15 is 0 Å². The van der Waals surface area contributed by atoms with Crippen LogP contribution in [-0.2, 0) is 17.9 Å². The van der Waals surface area contributed by atoms with Crippen molar-refractivity contribution in [3.8, 4) is 5.75 Å². The molecule has 2 aromatic heterocycles. The number of amides is 1. The standard InChI is InChI=1S/C16H15BrFN5O3/c1-3-23-14-13(15(17)21-23)19-8-22(16(14)25)7-12(24)20-9-4-5-11(26-2)10(18)6-9/h4-6,8H,3,7H2,1-2H3,(H,20,24). The van der Waals surface area contributed by atoms with Crippen molar-refractivity contribution in [2.24, 2.45) is 0 Å². The number of methoxy groups -OCH3 is 1. The van der Waals surface area contributed by atoms with Crippen molar-refractivity contribution in [1.29, 1.82) is 0 Å². The van der Waals surface area contributed by atoms with Gasteiger partial charge < -0.3 is 10.1 Å². The van der Waals surface area contributed by atoms with Crippen molar-refractivity contribution >= 4 is 38.6 Å². The fourth-order valence-corrected chi connectivity index (χ4v) is 2.99. The number of carbonyl (C=O) groups is 1. The van der Waals surface area contributed by atoms with Crippen molar-refractivity contribution in [3.63, 3.8) is 0 Å². The number of nitrogens with zero attached hydrogens (tertiary/aromatic N) is 4. The molecule has 0 fully saturated rings. The Morgan fingerprint density at radius 2 is 2.19 bits per heavy atom. The van der Waals surface area contributed by atoms with Gasteiger partial charge in [-0.05, 0) is 35.0 Å². The van der Waals surface area contributed by atoms with Crippen LogP contribution in [0.2, 0.25) is 0 Å². The van der Waals surface area contributed by atoms with E-state index in [1.165, 1.54) is 34.8 Å². The van der Waals surface area contributed by atoms with E-state index in [1.807, 2.05) is 6.92 Å². The van der Waals surface area contributed by atoms with E-state index < -0.39 is 11.7 Å². The number of aryl methyl sites for hydroxylation is 1. The Labute approximate surface area is 155 Å². The number of ether oxygens (including phenoxy) is 1. The molecule has 0 saturated carbocycles. The predicted octanol–water partition coefficient (Wildman–Crippen LogP) is 2.16. The second-order valence-electron chi connectivity index (χ2n) is 5.38. The molecule has 0 aliphatic carbocycles. The molecule has 0 radical (unpaired) electrons. The van der Waals surface area contributed by atoms with Crippen LogP contribution in [0.5, 0.6) is 5.75 Å². The summed E-state index contributed by atoms with van der Waals surface area (Å²) in [5.74, 6) is -1.01. The smallest absolute Gasteiger partial charge is 0.280 e. The van der Waals surface area contributed by atoms with Crippen LogP contribution >= 0.6 is 15.9 Å². The highest BCUT2D eigenvalue weighted by atomic mass is 79.9. The molecular formula is C16H15BrFN5O3. The molecule has 1 N–H and O–H groups in total. The van der Waals surface area contributed by atoms with E-state index in [9.17, 15) is 14.0 Å². The third kappa shape index (κ3) is 3.32. The largest absolute Gasteiger partial charge is 0.494 e. The zero-order valence-corrected chi connectivity index (χ0v) is 15.6. The molecule has 26 heavy (non-hydrogen) atoms. The number of benzene rings is 1. The lowest BCUT2D eigenvalue weighted by molar-refractivity contribution is -0.116. The van der Waals surface area contributed by atoms with E-state index in [2.05, 4.69) is 31.3 Å². The number of aromatic nitrogens is 4. The van der Waals surface area contributed by atoms with E-state index in [4.69, 9.17) is 4.74 Å². The molecular weight excluding hydrogens is 409 g/mol. The summed E-state index contributed by atoms with van der Waals surface area (Å²) in [6.45, 7) is 2.07. The minimum atomic E-state index is -0.595. The Kier molecular flexibility index (Phi) is 5.03. The number of carbonyl (C=O) groups excluding carboxylic acids is 1. The van der Waals surface area contributed by atoms with Gasteiger partial charge in [0, 0.05) is 18.3 Å². The molecule has 2 heterocycles. The Morgan fingerprint density at radius 1 is 1.42 bits per heavy atom. The fourth-order valence-electron chi connectivity index (χ4n) is 2.51. The predicted molar refractivity (Wildman–Crippen MR) is 96.7 cm³/mol. The van der Waals surface area contributed by atoms with Crippen LogP contribution in [0.15, 0.2) is 33.9 Å². The van der Waals surface area contributed by atoms with Crippen molar-refractivity contribution in [1.82, 2.24) is 19.3 Å². The van der Waals surface area contributed by atoms with Gasteiger partial charge in [0.15, 0.2) is 21.7 Å². The molecule has 0 saturated heterocycles. The highest BCUT2D eigenvalue weighted by molar-refractivity contribution is 9.10. The molecule has 1 aromatic carbocycles. The second-order valence-corrected chi connectivity index (χ2v) is 6.13. The maximum atomic E-state index is 13.7. The molecule has 0 unspecified atom stereocenters. The summed E-state index contributed by atoms with van der Waals surface area (Å²) in [5.41, 5.74) is 0.624. The van der Waals surface area contributed by atoms with Gasteiger partial charge in [0.05, 0.1) is 13.4 Å². The molecule has 8 nitrogen and oxygen atoms in total. The number of rotatable bonds is 5. The summed E-state index contributed by atoms with van der Waals surface area (Å²) in [4.78, 5) is 29.0. The number of hydrogen-bond donors (Lipinski definition) is 1. The molecule has 136 valence electrons. The number of hydrogen-bond acceptors (Lipinski definition) is 5. The van der Waals surface area contributed by atoms with Crippen LogP contribution < -0.4 is 15.6 Å². The Balaban J connectivity index is 1.84. The maximum absolute atomic E-state index is 13.7. The van der Waals surface area contributed by atoms with Crippen molar-refractivity contribution in [3.05, 3.63) is 45.3 Å². The fraction of sp³-hybridized carbons (Fsp3) is 0.250. The highest BCUT2D eigenvalue weighted by Gasteiger charge is 2.16. The summed E-state index contributed by atoms with van der Waals surface area (Å²) in [6, 6.07) is 4.06. The van der Waals surface area contributed by atoms with Crippen molar-refractivity contribution < 1.29 is 13.9 Å². The number of halogens is 2. The van der Waals surface area contributed by atoms with Crippen molar-refractivity contribution in [2.45, 2.75) is 20.0 Å². The normalized spacial score (nSPS) is 10.9. The van der Waals surface area contributed by atoms with Crippen LogP contribution in [0.3, 0.4) is 0 Å². The van der Waals surface area contributed by atoms with Crippen molar-refractivity contribution in [2.75, 3.05) is 12.4 Å². The lowest BCUT2D eigenvalue weighted by atomic mass is 10.3. The van der Waals surface area contributed by atoms with Gasteiger partial charge in [-0.25, -0.2) is 9.37 Å². The zero-order chi connectivity index (χ0) is 18.8. The first kappa shape index (κ1) is 18.1. The van der Waals surface area contributed by atoms with Gasteiger partial charge in [0.25, 0.3) is 5.56 Å². The van der Waals surface area contributed by atoms with E-state index in [-0.39, 0.29) is 23.5 Å². The zero-order valence-electron chi connectivity index (χ0n) is 14.0. The van der Waals surface area contributed by atoms with Gasteiger partial charge >= 0.3 is 0 Å². The summed E-state index contributed by atoms with van der Waals surface area (Å²) >= 11 is 3.26. The number of anilines is 1. The quantitative estimate of drug-likeness (QED) is 0.678. The van der Waals surface area contributed by atoms with Crippen LogP contribution in [-0.4, -0.2) is 32.3 Å². The lowest BCUT2D eigenvalue weighted by Gasteiger charge is -2.09. The summed E-state index contributed by atoms with van der Waals surface area (Å²) in [6.07, 6.45) is 1.28. The van der Waals surface area contributed by atoms with Gasteiger partial charge in [0.2, 0.25) is 5.91 Å². The van der Waals surface area contributed by atoms with Crippen LogP contribution in [0, 0.1) is 5.82 Å². The van der Waals surface area contributed by atoms with Gasteiger partial charge in [0.1, 0.15) is 12.1 Å². The van der Waals surface area contributed by atoms with Gasteiger partial charge in [-0.3, -0.25) is 18.8 Å². The summed E-state index contributed by atoms with van der Waals surface area (Å²) in [7, 11) is 1.35. The second kappa shape index (κ2) is 7.24. The summed E-state index contributed by atoms with van der Waals surface area (Å²) < 4.78 is 21.7. The summed E-state index contributed by atoms with van der Waals surface area (Å²) in [5, 5.41) is 6.72. The van der Waals surface area contributed by atoms with E-state index in [0.29, 0.717) is 22.2 Å². The van der Waals surface area contributed by atoms with Crippen LogP contribution in [0.4, 0.5) is 10.1 Å². The molecule has 0 aliphatic rings. The van der Waals surface area contributed by atoms with Gasteiger partial charge in [-0.2, -0.15) is 5.10 Å². The monoisotopic (exact) mass is 423 g/mol. The molecule has 10 heteroatoms. The third-order valence-corrected chi connectivity index (χ3v) is 4.26. The van der Waals surface area contributed by atoms with Gasteiger partial charge in [-0.15, -0.1) is 0 Å². The minimum Gasteiger partial charge on any atom is -0.494 e. The SMILES string of the molecule is CCn1nc(Br)c2ncn(CC(=O)Nc3ccc(OC)c(F)c3)c(=O)c21. The number of nitrogens with one attached hydrogen (secondary N) is 1. The Bertz CT molecular complexity index is 1050. The average molecular weight is 424 g/mol. The first-order valence-corrected chi connectivity index (χ1v) is 8.48. The Morgan fingerprint density at radius 3 is 2.85 bits per heavy atom. The molecule has 0 aliphatic heterocycles. The topological polar surface area (TPSA) is 91.0 Å². The molecule has 3 aromatic rings. The first-order chi connectivity index (χ1) is 12.4. The Hall–Kier alpha value is -2.75. The molecule has 0 bridgehead atoms. The first-order valence-electron chi connectivity index (χ1n) is 7.69. The minimum absolute atomic E-state index is 0.0762. The third-order valence-electron chi connectivity index (χ3n) is 3.73. The maximum Gasteiger partial charge on any atom is 0.280 e. The van der Waals surface area contributed by atoms with Crippen LogP contribution in [0.25, 0.3) is 11.0 Å². The van der Waals surface area contributed by atoms with Gasteiger partial charge in [-0.1, -0.05) is 0 Å². The van der Waals surface area contributed by atoms with E-state index in [1.54, 1.807) is 0 Å². The van der Waals surface area contributed by atoms with E-state index in [0.717, 1.165) is 6.07 Å². The molecule has 1 amide bonds. The highest BCUT2D eigenvalue weighted by Crippen LogP contribution is 2.21.